The summed E-state index contributed by atoms with van der Waals surface area (Å²) in [7, 11) is -3.30. The van der Waals surface area contributed by atoms with Gasteiger partial charge in [0.05, 0.1) is 11.9 Å². The molecule has 0 aromatic carbocycles. The Balaban J connectivity index is 2.76. The van der Waals surface area contributed by atoms with Gasteiger partial charge in [0.2, 0.25) is 10.0 Å². The van der Waals surface area contributed by atoms with Gasteiger partial charge in [-0.1, -0.05) is 11.6 Å². The molecular weight excluding hydrogens is 202 g/mol. The maximum Gasteiger partial charge on any atom is 0.219 e. The second-order valence-electron chi connectivity index (χ2n) is 3.70. The van der Waals surface area contributed by atoms with Crippen LogP contribution in [-0.4, -0.2) is 42.8 Å². The average molecular weight is 219 g/mol. The molecule has 1 rings (SSSR count). The summed E-state index contributed by atoms with van der Waals surface area (Å²) >= 11 is 0. The second-order valence-corrected chi connectivity index (χ2v) is 6.05. The van der Waals surface area contributed by atoms with Gasteiger partial charge in [0, 0.05) is 13.1 Å². The van der Waals surface area contributed by atoms with Crippen LogP contribution in [0.5, 0.6) is 0 Å². The van der Waals surface area contributed by atoms with E-state index in [0.29, 0.717) is 13.1 Å². The van der Waals surface area contributed by atoms with Crippen LogP contribution in [0.15, 0.2) is 11.6 Å². The molecule has 1 N–H and O–H groups in total. The molecule has 0 aliphatic carbocycles. The highest BCUT2D eigenvalue weighted by molar-refractivity contribution is 7.89. The zero-order valence-corrected chi connectivity index (χ0v) is 9.42. The Morgan fingerprint density at radius 3 is 2.71 bits per heavy atom. The molecule has 0 aromatic heterocycles. The van der Waals surface area contributed by atoms with E-state index in [1.165, 1.54) is 16.8 Å². The Kier molecular flexibility index (Phi) is 3.69. The van der Waals surface area contributed by atoms with Crippen molar-refractivity contribution in [2.45, 2.75) is 25.5 Å². The monoisotopic (exact) mass is 219 g/mol. The molecule has 4 nitrogen and oxygen atoms in total. The lowest BCUT2D eigenvalue weighted by Crippen LogP contribution is -2.41. The number of aliphatic hydroxyl groups is 1. The number of sulfonamides is 1. The Labute approximate surface area is 85.3 Å². The van der Waals surface area contributed by atoms with Crippen molar-refractivity contribution in [3.05, 3.63) is 11.6 Å². The number of rotatable bonds is 3. The SMILES string of the molecule is CC1=CCN(S(=O)(=O)C(C)CO)CC1. The van der Waals surface area contributed by atoms with Gasteiger partial charge in [-0.3, -0.25) is 0 Å². The molecule has 14 heavy (non-hydrogen) atoms. The third kappa shape index (κ3) is 2.34. The van der Waals surface area contributed by atoms with Crippen LogP contribution in [0.2, 0.25) is 0 Å². The number of hydrogen-bond donors (Lipinski definition) is 1. The van der Waals surface area contributed by atoms with Crippen molar-refractivity contribution < 1.29 is 13.5 Å². The molecule has 1 heterocycles. The first-order chi connectivity index (χ1) is 6.48. The largest absolute Gasteiger partial charge is 0.395 e. The fourth-order valence-electron chi connectivity index (χ4n) is 1.33. The molecule has 0 radical (unpaired) electrons. The molecule has 1 unspecified atom stereocenters. The summed E-state index contributed by atoms with van der Waals surface area (Å²) < 4.78 is 25.0. The lowest BCUT2D eigenvalue weighted by atomic mass is 10.1. The van der Waals surface area contributed by atoms with Crippen molar-refractivity contribution >= 4 is 10.0 Å². The van der Waals surface area contributed by atoms with Gasteiger partial charge in [0.15, 0.2) is 0 Å². The molecule has 0 saturated carbocycles. The molecule has 1 atom stereocenters. The molecule has 0 aromatic rings. The normalized spacial score (nSPS) is 21.8. The number of nitrogens with zero attached hydrogens (tertiary/aromatic N) is 1. The third-order valence-corrected chi connectivity index (χ3v) is 4.74. The summed E-state index contributed by atoms with van der Waals surface area (Å²) in [4.78, 5) is 0. The van der Waals surface area contributed by atoms with Crippen molar-refractivity contribution in [2.75, 3.05) is 19.7 Å². The van der Waals surface area contributed by atoms with Crippen molar-refractivity contribution in [3.63, 3.8) is 0 Å². The Morgan fingerprint density at radius 1 is 1.64 bits per heavy atom. The molecule has 0 fully saturated rings. The Bertz CT molecular complexity index is 321. The van der Waals surface area contributed by atoms with Gasteiger partial charge < -0.3 is 5.11 Å². The maximum absolute atomic E-state index is 11.8. The van der Waals surface area contributed by atoms with Gasteiger partial charge in [-0.15, -0.1) is 0 Å². The summed E-state index contributed by atoms with van der Waals surface area (Å²) in [5.74, 6) is 0. The fraction of sp³-hybridized carbons (Fsp3) is 0.778. The minimum Gasteiger partial charge on any atom is -0.395 e. The smallest absolute Gasteiger partial charge is 0.219 e. The van der Waals surface area contributed by atoms with E-state index in [4.69, 9.17) is 5.11 Å². The van der Waals surface area contributed by atoms with Crippen LogP contribution in [0, 0.1) is 0 Å². The van der Waals surface area contributed by atoms with Gasteiger partial charge in [0.1, 0.15) is 0 Å². The highest BCUT2D eigenvalue weighted by Gasteiger charge is 2.28. The van der Waals surface area contributed by atoms with Crippen molar-refractivity contribution in [3.8, 4) is 0 Å². The lowest BCUT2D eigenvalue weighted by molar-refractivity contribution is 0.289. The van der Waals surface area contributed by atoms with Gasteiger partial charge in [-0.05, 0) is 20.3 Å². The topological polar surface area (TPSA) is 57.6 Å². The number of aliphatic hydroxyl groups excluding tert-OH is 1. The molecule has 1 aliphatic heterocycles. The zero-order chi connectivity index (χ0) is 10.8. The van der Waals surface area contributed by atoms with Crippen molar-refractivity contribution in [1.82, 2.24) is 4.31 Å². The van der Waals surface area contributed by atoms with Crippen molar-refractivity contribution in [1.29, 1.82) is 0 Å². The highest BCUT2D eigenvalue weighted by atomic mass is 32.2. The Morgan fingerprint density at radius 2 is 2.29 bits per heavy atom. The van der Waals surface area contributed by atoms with Crippen LogP contribution in [0.1, 0.15) is 20.3 Å². The van der Waals surface area contributed by atoms with E-state index in [2.05, 4.69) is 0 Å². The minimum atomic E-state index is -3.30. The van der Waals surface area contributed by atoms with Gasteiger partial charge >= 0.3 is 0 Å². The second kappa shape index (κ2) is 4.42. The molecule has 1 aliphatic rings. The first-order valence-electron chi connectivity index (χ1n) is 4.74. The Hall–Kier alpha value is -0.390. The van der Waals surface area contributed by atoms with Crippen LogP contribution in [0.25, 0.3) is 0 Å². The zero-order valence-electron chi connectivity index (χ0n) is 8.60. The minimum absolute atomic E-state index is 0.318. The summed E-state index contributed by atoms with van der Waals surface area (Å²) in [6, 6.07) is 0. The van der Waals surface area contributed by atoms with E-state index in [1.807, 2.05) is 13.0 Å². The standard InChI is InChI=1S/C9H17NO3S/c1-8-3-5-10(6-4-8)14(12,13)9(2)7-11/h3,9,11H,4-7H2,1-2H3. The summed E-state index contributed by atoms with van der Waals surface area (Å²) in [5, 5.41) is 8.13. The van der Waals surface area contributed by atoms with E-state index in [9.17, 15) is 8.42 Å². The molecule has 0 spiro atoms. The molecule has 0 bridgehead atoms. The maximum atomic E-state index is 11.8. The molecule has 5 heteroatoms. The summed E-state index contributed by atoms with van der Waals surface area (Å²) in [6.07, 6.45) is 2.71. The van der Waals surface area contributed by atoms with E-state index >= 15 is 0 Å². The van der Waals surface area contributed by atoms with E-state index in [0.717, 1.165) is 6.42 Å². The predicted octanol–water partition coefficient (Wildman–Crippen LogP) is 0.349. The quantitative estimate of drug-likeness (QED) is 0.697. The lowest BCUT2D eigenvalue weighted by Gasteiger charge is -2.27. The van der Waals surface area contributed by atoms with E-state index in [1.54, 1.807) is 0 Å². The van der Waals surface area contributed by atoms with E-state index < -0.39 is 15.3 Å². The molecule has 82 valence electrons. The van der Waals surface area contributed by atoms with Gasteiger partial charge in [0.25, 0.3) is 0 Å². The number of hydrogen-bond acceptors (Lipinski definition) is 3. The van der Waals surface area contributed by atoms with Gasteiger partial charge in [-0.25, -0.2) is 8.42 Å². The molecule has 0 saturated heterocycles. The summed E-state index contributed by atoms with van der Waals surface area (Å²) in [5.41, 5.74) is 1.23. The first kappa shape index (κ1) is 11.7. The van der Waals surface area contributed by atoms with E-state index in [-0.39, 0.29) is 6.61 Å². The van der Waals surface area contributed by atoms with Crippen LogP contribution in [-0.2, 0) is 10.0 Å². The third-order valence-electron chi connectivity index (χ3n) is 2.52. The average Bonchev–Trinajstić information content (AvgIpc) is 2.17. The molecular formula is C9H17NO3S. The highest BCUT2D eigenvalue weighted by Crippen LogP contribution is 2.16. The predicted molar refractivity (Wildman–Crippen MR) is 55.4 cm³/mol. The van der Waals surface area contributed by atoms with Crippen LogP contribution in [0.3, 0.4) is 0 Å². The summed E-state index contributed by atoms with van der Waals surface area (Å²) in [6.45, 7) is 4.19. The van der Waals surface area contributed by atoms with Crippen molar-refractivity contribution in [2.24, 2.45) is 0 Å². The van der Waals surface area contributed by atoms with Gasteiger partial charge in [-0.2, -0.15) is 4.31 Å². The first-order valence-corrected chi connectivity index (χ1v) is 6.24. The van der Waals surface area contributed by atoms with Crippen LogP contribution in [0.4, 0.5) is 0 Å². The van der Waals surface area contributed by atoms with Crippen LogP contribution < -0.4 is 0 Å². The fourth-order valence-corrected chi connectivity index (χ4v) is 2.66. The van der Waals surface area contributed by atoms with Crippen LogP contribution >= 0.6 is 0 Å². The molecule has 0 amide bonds.